The molecule has 2 aliphatic rings. The number of phenolic OH excluding ortho intramolecular Hbond substituents is 2. The van der Waals surface area contributed by atoms with Crippen LogP contribution in [0.3, 0.4) is 0 Å². The van der Waals surface area contributed by atoms with Gasteiger partial charge in [0, 0.05) is 51.1 Å². The first-order chi connectivity index (χ1) is 27.9. The van der Waals surface area contributed by atoms with Gasteiger partial charge < -0.3 is 25.0 Å². The molecule has 2 aliphatic heterocycles. The minimum Gasteiger partial charge on any atom is -0.508 e. The molecule has 2 heterocycles. The molecule has 4 unspecified atom stereocenters. The lowest BCUT2D eigenvalue weighted by atomic mass is 9.74. The highest BCUT2D eigenvalue weighted by molar-refractivity contribution is 5.76. The lowest BCUT2D eigenvalue weighted by Gasteiger charge is -2.44. The van der Waals surface area contributed by atoms with Crippen LogP contribution in [0.25, 0.3) is 0 Å². The Morgan fingerprint density at radius 1 is 0.672 bits per heavy atom. The fourth-order valence-corrected chi connectivity index (χ4v) is 8.72. The van der Waals surface area contributed by atoms with Gasteiger partial charge >= 0.3 is 5.97 Å². The second-order valence-corrected chi connectivity index (χ2v) is 16.2. The minimum atomic E-state index is -1.56. The van der Waals surface area contributed by atoms with E-state index in [2.05, 4.69) is 9.80 Å². The zero-order chi connectivity index (χ0) is 41.2. The third-order valence-electron chi connectivity index (χ3n) is 12.0. The fraction of sp³-hybridized carbons (Fsp3) is 0.367. The number of aromatic hydroxyl groups is 2. The number of alkyl halides is 2. The number of rotatable bonds is 13. The summed E-state index contributed by atoms with van der Waals surface area (Å²) in [4.78, 5) is 17.2. The van der Waals surface area contributed by atoms with Crippen molar-refractivity contribution >= 4 is 5.97 Å². The first kappa shape index (κ1) is 42.4. The van der Waals surface area contributed by atoms with Crippen LogP contribution in [0.15, 0.2) is 140 Å². The molecule has 0 bridgehead atoms. The number of hydrogen-bond acceptors (Lipinski definition) is 6. The Balaban J connectivity index is 0.000000208. The molecule has 306 valence electrons. The molecule has 9 heteroatoms. The quantitative estimate of drug-likeness (QED) is 0.110. The van der Waals surface area contributed by atoms with Gasteiger partial charge in [-0.25, -0.2) is 8.78 Å². The van der Waals surface area contributed by atoms with Gasteiger partial charge in [-0.2, -0.15) is 0 Å². The van der Waals surface area contributed by atoms with E-state index in [1.54, 1.807) is 42.5 Å². The number of ether oxygens (including phenoxy) is 1. The van der Waals surface area contributed by atoms with Crippen LogP contribution in [0, 0.1) is 17.3 Å². The summed E-state index contributed by atoms with van der Waals surface area (Å²) < 4.78 is 37.3. The maximum atomic E-state index is 16.1. The first-order valence-electron chi connectivity index (χ1n) is 20.3. The summed E-state index contributed by atoms with van der Waals surface area (Å²) in [6.45, 7) is 7.81. The number of carboxylic acids is 1. The highest BCUT2D eigenvalue weighted by atomic mass is 19.1. The van der Waals surface area contributed by atoms with Crippen LogP contribution in [-0.2, 0) is 29.0 Å². The Kier molecular flexibility index (Phi) is 13.9. The van der Waals surface area contributed by atoms with Crippen LogP contribution in [0.1, 0.15) is 48.9 Å². The van der Waals surface area contributed by atoms with Crippen molar-refractivity contribution in [2.24, 2.45) is 17.3 Å². The number of likely N-dealkylation sites (tertiary alicyclic amines) is 2. The van der Waals surface area contributed by atoms with Gasteiger partial charge in [0.25, 0.3) is 0 Å². The largest absolute Gasteiger partial charge is 0.508 e. The SMILES string of the molecule is CC1CN(CC(Cc2ccccc2)(Cc2ccccc2)C(=O)O)CCC1(F)c1cccc(O)c1.CC1CN(CCOc2ccccc2)CCC1(F)c1cccc(O)c1. The van der Waals surface area contributed by atoms with E-state index in [1.165, 1.54) is 6.07 Å². The van der Waals surface area contributed by atoms with Gasteiger partial charge in [-0.1, -0.05) is 117 Å². The van der Waals surface area contributed by atoms with Gasteiger partial charge in [-0.3, -0.25) is 9.69 Å². The Bertz CT molecular complexity index is 2010. The van der Waals surface area contributed by atoms with Crippen LogP contribution in [0.4, 0.5) is 8.78 Å². The predicted molar refractivity (Wildman–Crippen MR) is 225 cm³/mol. The topological polar surface area (TPSA) is 93.5 Å². The minimum absolute atomic E-state index is 0.0553. The average Bonchev–Trinajstić information content (AvgIpc) is 3.22. The highest BCUT2D eigenvalue weighted by Gasteiger charge is 2.47. The molecule has 2 fully saturated rings. The van der Waals surface area contributed by atoms with Gasteiger partial charge in [0.05, 0.1) is 5.41 Å². The van der Waals surface area contributed by atoms with Gasteiger partial charge in [-0.15, -0.1) is 0 Å². The molecule has 0 aliphatic carbocycles. The number of nitrogens with zero attached hydrogens (tertiary/aromatic N) is 2. The number of carboxylic acid groups (broad SMARTS) is 1. The number of benzene rings is 5. The van der Waals surface area contributed by atoms with Crippen molar-refractivity contribution in [1.82, 2.24) is 9.80 Å². The molecule has 2 saturated heterocycles. The summed E-state index contributed by atoms with van der Waals surface area (Å²) in [7, 11) is 0. The molecule has 7 nitrogen and oxygen atoms in total. The highest BCUT2D eigenvalue weighted by Crippen LogP contribution is 2.44. The Morgan fingerprint density at radius 2 is 1.12 bits per heavy atom. The zero-order valence-corrected chi connectivity index (χ0v) is 33.5. The van der Waals surface area contributed by atoms with E-state index in [0.717, 1.165) is 23.4 Å². The first-order valence-corrected chi connectivity index (χ1v) is 20.3. The normalized spacial score (nSPS) is 22.7. The maximum Gasteiger partial charge on any atom is 0.311 e. The van der Waals surface area contributed by atoms with Gasteiger partial charge in [-0.05, 0) is 84.3 Å². The summed E-state index contributed by atoms with van der Waals surface area (Å²) in [5.41, 5.74) is -0.955. The third-order valence-corrected chi connectivity index (χ3v) is 12.0. The third kappa shape index (κ3) is 10.4. The van der Waals surface area contributed by atoms with Crippen LogP contribution in [0.2, 0.25) is 0 Å². The molecule has 0 saturated carbocycles. The smallest absolute Gasteiger partial charge is 0.311 e. The standard InChI is InChI=1S/C29H32FNO3.C20H24FNO2/c1-22-20-31(16-15-29(22,30)25-13-8-14-26(32)17-25)21-28(27(33)34,18-23-9-4-2-5-10-23)19-24-11-6-3-7-12-24;1-16-15-22(12-13-24-19-8-3-2-4-9-19)11-10-20(16,21)17-6-5-7-18(23)14-17/h2-14,17,22,32H,15-16,18-21H2,1H3,(H,33,34);2-9,14,16,23H,10-13,15H2,1H3. The predicted octanol–water partition coefficient (Wildman–Crippen LogP) is 9.43. The van der Waals surface area contributed by atoms with E-state index >= 15 is 8.78 Å². The molecule has 0 radical (unpaired) electrons. The van der Waals surface area contributed by atoms with Crippen molar-refractivity contribution in [2.75, 3.05) is 45.9 Å². The Hall–Kier alpha value is -5.25. The van der Waals surface area contributed by atoms with E-state index in [0.29, 0.717) is 69.7 Å². The number of piperidine rings is 2. The molecule has 7 rings (SSSR count). The van der Waals surface area contributed by atoms with Crippen molar-refractivity contribution < 1.29 is 33.6 Å². The Morgan fingerprint density at radius 3 is 1.57 bits per heavy atom. The number of hydrogen-bond donors (Lipinski definition) is 3. The second-order valence-electron chi connectivity index (χ2n) is 16.2. The summed E-state index contributed by atoms with van der Waals surface area (Å²) >= 11 is 0. The average molecular weight is 791 g/mol. The van der Waals surface area contributed by atoms with Crippen molar-refractivity contribution in [1.29, 1.82) is 0 Å². The molecule has 0 aromatic heterocycles. The summed E-state index contributed by atoms with van der Waals surface area (Å²) in [5, 5.41) is 30.0. The molecule has 58 heavy (non-hydrogen) atoms. The van der Waals surface area contributed by atoms with Crippen LogP contribution in [-0.4, -0.2) is 77.0 Å². The molecular weight excluding hydrogens is 735 g/mol. The molecule has 0 amide bonds. The molecule has 5 aromatic carbocycles. The van der Waals surface area contributed by atoms with E-state index < -0.39 is 22.7 Å². The number of halogens is 2. The molecule has 5 aromatic rings. The van der Waals surface area contributed by atoms with Crippen LogP contribution in [0.5, 0.6) is 17.2 Å². The maximum absolute atomic E-state index is 16.1. The molecular formula is C49H56F2N2O5. The fourth-order valence-electron chi connectivity index (χ4n) is 8.72. The Labute approximate surface area is 341 Å². The van der Waals surface area contributed by atoms with Gasteiger partial charge in [0.1, 0.15) is 35.2 Å². The summed E-state index contributed by atoms with van der Waals surface area (Å²) in [5.74, 6) is -0.275. The van der Waals surface area contributed by atoms with Crippen LogP contribution < -0.4 is 4.74 Å². The van der Waals surface area contributed by atoms with Crippen molar-refractivity contribution in [2.45, 2.75) is 50.9 Å². The monoisotopic (exact) mass is 790 g/mol. The summed E-state index contributed by atoms with van der Waals surface area (Å²) in [6.07, 6.45) is 1.49. The van der Waals surface area contributed by atoms with E-state index in [-0.39, 0.29) is 29.8 Å². The number of para-hydroxylation sites is 1. The lowest BCUT2D eigenvalue weighted by molar-refractivity contribution is -0.151. The van der Waals surface area contributed by atoms with Gasteiger partial charge in [0.15, 0.2) is 0 Å². The number of phenols is 2. The van der Waals surface area contributed by atoms with Crippen molar-refractivity contribution in [3.8, 4) is 17.2 Å². The zero-order valence-electron chi connectivity index (χ0n) is 33.5. The molecule has 0 spiro atoms. The van der Waals surface area contributed by atoms with E-state index in [9.17, 15) is 20.1 Å². The molecule has 3 N–H and O–H groups in total. The number of aliphatic carboxylic acids is 1. The lowest BCUT2D eigenvalue weighted by Crippen LogP contribution is -2.53. The number of carbonyl (C=O) groups is 1. The second kappa shape index (κ2) is 19.0. The molecule has 4 atom stereocenters. The summed E-state index contributed by atoms with van der Waals surface area (Å²) in [6, 6.07) is 42.2. The van der Waals surface area contributed by atoms with Crippen molar-refractivity contribution in [3.63, 3.8) is 0 Å². The van der Waals surface area contributed by atoms with E-state index in [1.807, 2.05) is 105 Å². The van der Waals surface area contributed by atoms with Crippen molar-refractivity contribution in [3.05, 3.63) is 162 Å². The van der Waals surface area contributed by atoms with Gasteiger partial charge in [0.2, 0.25) is 0 Å². The van der Waals surface area contributed by atoms with Crippen LogP contribution >= 0.6 is 0 Å². The van der Waals surface area contributed by atoms with E-state index in [4.69, 9.17) is 4.74 Å².